The SMILES string of the molecule is C[C@H](Sc1nc(N)cc(N)n1)c1nc(C(C)(C)C)no1. The van der Waals surface area contributed by atoms with E-state index in [9.17, 15) is 0 Å². The number of rotatable bonds is 3. The summed E-state index contributed by atoms with van der Waals surface area (Å²) in [5.74, 6) is 1.89. The van der Waals surface area contributed by atoms with Crippen LogP contribution in [-0.2, 0) is 5.41 Å². The molecule has 1 atom stereocenters. The van der Waals surface area contributed by atoms with Crippen molar-refractivity contribution in [1.82, 2.24) is 20.1 Å². The zero-order chi connectivity index (χ0) is 14.9. The van der Waals surface area contributed by atoms with Gasteiger partial charge in [-0.15, -0.1) is 0 Å². The lowest BCUT2D eigenvalue weighted by molar-refractivity contribution is 0.364. The van der Waals surface area contributed by atoms with Crippen LogP contribution in [0.25, 0.3) is 0 Å². The standard InChI is InChI=1S/C12H18N6OS/c1-6(9-17-10(18-19-9)12(2,3)4)20-11-15-7(13)5-8(14)16-11/h5-6H,1-4H3,(H4,13,14,15,16)/t6-/m0/s1. The van der Waals surface area contributed by atoms with Gasteiger partial charge in [-0.25, -0.2) is 9.97 Å². The molecule has 2 aromatic heterocycles. The second-order valence-corrected chi connectivity index (χ2v) is 6.77. The number of thioether (sulfide) groups is 1. The van der Waals surface area contributed by atoms with Crippen LogP contribution in [0.2, 0.25) is 0 Å². The highest BCUT2D eigenvalue weighted by molar-refractivity contribution is 7.99. The molecule has 2 rings (SSSR count). The first-order valence-electron chi connectivity index (χ1n) is 6.16. The van der Waals surface area contributed by atoms with E-state index in [4.69, 9.17) is 16.0 Å². The summed E-state index contributed by atoms with van der Waals surface area (Å²) in [6, 6.07) is 1.51. The van der Waals surface area contributed by atoms with Crippen molar-refractivity contribution in [1.29, 1.82) is 0 Å². The van der Waals surface area contributed by atoms with Crippen LogP contribution in [0.15, 0.2) is 15.7 Å². The Kier molecular flexibility index (Phi) is 3.85. The number of nitrogens with zero attached hydrogens (tertiary/aromatic N) is 4. The number of aromatic nitrogens is 4. The first-order valence-corrected chi connectivity index (χ1v) is 7.04. The van der Waals surface area contributed by atoms with Crippen molar-refractivity contribution in [3.05, 3.63) is 17.8 Å². The van der Waals surface area contributed by atoms with Gasteiger partial charge in [-0.05, 0) is 6.92 Å². The lowest BCUT2D eigenvalue weighted by Crippen LogP contribution is -2.13. The normalized spacial score (nSPS) is 13.4. The summed E-state index contributed by atoms with van der Waals surface area (Å²) in [5.41, 5.74) is 11.1. The first-order chi connectivity index (χ1) is 9.25. The zero-order valence-corrected chi connectivity index (χ0v) is 12.7. The van der Waals surface area contributed by atoms with Crippen molar-refractivity contribution < 1.29 is 4.52 Å². The first kappa shape index (κ1) is 14.6. The molecule has 0 unspecified atom stereocenters. The summed E-state index contributed by atoms with van der Waals surface area (Å²) in [6.45, 7) is 8.02. The Bertz CT molecular complexity index is 586. The fourth-order valence-corrected chi connectivity index (χ4v) is 2.26. The quantitative estimate of drug-likeness (QED) is 0.653. The van der Waals surface area contributed by atoms with Gasteiger partial charge in [0.1, 0.15) is 11.6 Å². The van der Waals surface area contributed by atoms with E-state index in [1.165, 1.54) is 17.8 Å². The summed E-state index contributed by atoms with van der Waals surface area (Å²) in [5, 5.41) is 4.40. The fraction of sp³-hybridized carbons (Fsp3) is 0.500. The maximum absolute atomic E-state index is 5.64. The summed E-state index contributed by atoms with van der Waals surface area (Å²) in [4.78, 5) is 12.6. The highest BCUT2D eigenvalue weighted by Gasteiger charge is 2.24. The molecule has 2 heterocycles. The van der Waals surface area contributed by atoms with Crippen molar-refractivity contribution in [3.8, 4) is 0 Å². The van der Waals surface area contributed by atoms with E-state index in [-0.39, 0.29) is 10.7 Å². The van der Waals surface area contributed by atoms with Crippen molar-refractivity contribution in [3.63, 3.8) is 0 Å². The molecular formula is C12H18N6OS. The van der Waals surface area contributed by atoms with Gasteiger partial charge < -0.3 is 16.0 Å². The molecule has 7 nitrogen and oxygen atoms in total. The second-order valence-electron chi connectivity index (χ2n) is 5.47. The van der Waals surface area contributed by atoms with Crippen LogP contribution >= 0.6 is 11.8 Å². The average molecular weight is 294 g/mol. The predicted octanol–water partition coefficient (Wildman–Crippen LogP) is 2.17. The Hall–Kier alpha value is -1.83. The largest absolute Gasteiger partial charge is 0.383 e. The molecule has 0 saturated carbocycles. The molecule has 0 amide bonds. The molecule has 0 aromatic carbocycles. The molecule has 0 aliphatic heterocycles. The molecule has 0 aliphatic carbocycles. The van der Waals surface area contributed by atoms with Crippen LogP contribution in [0.4, 0.5) is 11.6 Å². The molecule has 0 bridgehead atoms. The van der Waals surface area contributed by atoms with Crippen LogP contribution in [-0.4, -0.2) is 20.1 Å². The molecule has 0 spiro atoms. The van der Waals surface area contributed by atoms with E-state index in [0.717, 1.165) is 0 Å². The highest BCUT2D eigenvalue weighted by Crippen LogP contribution is 2.33. The number of nitrogens with two attached hydrogens (primary N) is 2. The van der Waals surface area contributed by atoms with Gasteiger partial charge in [0.2, 0.25) is 5.89 Å². The van der Waals surface area contributed by atoms with Gasteiger partial charge in [-0.1, -0.05) is 37.7 Å². The number of hydrogen-bond donors (Lipinski definition) is 2. The molecular weight excluding hydrogens is 276 g/mol. The number of hydrogen-bond acceptors (Lipinski definition) is 8. The van der Waals surface area contributed by atoms with Gasteiger partial charge in [0.05, 0.1) is 5.25 Å². The van der Waals surface area contributed by atoms with E-state index in [0.29, 0.717) is 28.5 Å². The minimum Gasteiger partial charge on any atom is -0.383 e. The molecule has 2 aromatic rings. The Morgan fingerprint density at radius 3 is 2.25 bits per heavy atom. The number of nitrogen functional groups attached to an aromatic ring is 2. The van der Waals surface area contributed by atoms with Crippen molar-refractivity contribution in [2.75, 3.05) is 11.5 Å². The lowest BCUT2D eigenvalue weighted by atomic mass is 9.96. The van der Waals surface area contributed by atoms with Gasteiger partial charge in [0.25, 0.3) is 0 Å². The van der Waals surface area contributed by atoms with Gasteiger partial charge in [-0.3, -0.25) is 0 Å². The molecule has 4 N–H and O–H groups in total. The summed E-state index contributed by atoms with van der Waals surface area (Å²) >= 11 is 1.37. The highest BCUT2D eigenvalue weighted by atomic mass is 32.2. The van der Waals surface area contributed by atoms with Crippen LogP contribution in [0.1, 0.15) is 44.7 Å². The van der Waals surface area contributed by atoms with Crippen molar-refractivity contribution >= 4 is 23.4 Å². The van der Waals surface area contributed by atoms with Crippen molar-refractivity contribution in [2.24, 2.45) is 0 Å². The molecule has 0 fully saturated rings. The Labute approximate surface area is 121 Å². The van der Waals surface area contributed by atoms with Gasteiger partial charge in [0, 0.05) is 11.5 Å². The molecule has 108 valence electrons. The Morgan fingerprint density at radius 1 is 1.15 bits per heavy atom. The number of anilines is 2. The average Bonchev–Trinajstić information content (AvgIpc) is 2.75. The van der Waals surface area contributed by atoms with E-state index in [1.807, 2.05) is 27.7 Å². The van der Waals surface area contributed by atoms with Crippen LogP contribution < -0.4 is 11.5 Å². The van der Waals surface area contributed by atoms with Gasteiger partial charge in [-0.2, -0.15) is 4.98 Å². The van der Waals surface area contributed by atoms with Crippen molar-refractivity contribution in [2.45, 2.75) is 43.5 Å². The minimum absolute atomic E-state index is 0.0835. The van der Waals surface area contributed by atoms with Crippen LogP contribution in [0.3, 0.4) is 0 Å². The van der Waals surface area contributed by atoms with E-state index >= 15 is 0 Å². The molecule has 0 aliphatic rings. The third kappa shape index (κ3) is 3.38. The minimum atomic E-state index is -0.149. The van der Waals surface area contributed by atoms with E-state index in [1.54, 1.807) is 0 Å². The lowest BCUT2D eigenvalue weighted by Gasteiger charge is -2.11. The zero-order valence-electron chi connectivity index (χ0n) is 11.9. The van der Waals surface area contributed by atoms with Gasteiger partial charge >= 0.3 is 0 Å². The smallest absolute Gasteiger partial charge is 0.239 e. The summed E-state index contributed by atoms with van der Waals surface area (Å²) in [6.07, 6.45) is 0. The summed E-state index contributed by atoms with van der Waals surface area (Å²) < 4.78 is 5.29. The van der Waals surface area contributed by atoms with E-state index < -0.39 is 0 Å². The third-order valence-electron chi connectivity index (χ3n) is 2.49. The van der Waals surface area contributed by atoms with E-state index in [2.05, 4.69) is 20.1 Å². The predicted molar refractivity (Wildman–Crippen MR) is 78.1 cm³/mol. The fourth-order valence-electron chi connectivity index (χ4n) is 1.43. The molecule has 0 radical (unpaired) electrons. The van der Waals surface area contributed by atoms with Crippen LogP contribution in [0, 0.1) is 0 Å². The maximum Gasteiger partial charge on any atom is 0.239 e. The summed E-state index contributed by atoms with van der Waals surface area (Å²) in [7, 11) is 0. The monoisotopic (exact) mass is 294 g/mol. The third-order valence-corrected chi connectivity index (χ3v) is 3.44. The van der Waals surface area contributed by atoms with Crippen LogP contribution in [0.5, 0.6) is 0 Å². The molecule has 8 heteroatoms. The topological polar surface area (TPSA) is 117 Å². The second kappa shape index (κ2) is 5.28. The maximum atomic E-state index is 5.64. The molecule has 0 saturated heterocycles. The Balaban J connectivity index is 2.15. The van der Waals surface area contributed by atoms with Gasteiger partial charge in [0.15, 0.2) is 11.0 Å². The molecule has 20 heavy (non-hydrogen) atoms. The Morgan fingerprint density at radius 2 is 1.75 bits per heavy atom.